The number of hydrogen-bond acceptors (Lipinski definition) is 3. The molecule has 0 aliphatic carbocycles. The van der Waals surface area contributed by atoms with Crippen molar-refractivity contribution in [2.75, 3.05) is 5.75 Å². The maximum Gasteiger partial charge on any atom is 0.0151 e. The van der Waals surface area contributed by atoms with Crippen molar-refractivity contribution in [3.05, 3.63) is 30.3 Å². The van der Waals surface area contributed by atoms with Gasteiger partial charge in [0.2, 0.25) is 0 Å². The molecule has 0 fully saturated rings. The van der Waals surface area contributed by atoms with E-state index in [9.17, 15) is 0 Å². The second-order valence-electron chi connectivity index (χ2n) is 4.58. The minimum Gasteiger partial charge on any atom is -0.327 e. The number of thioether (sulfide) groups is 1. The zero-order chi connectivity index (χ0) is 11.3. The van der Waals surface area contributed by atoms with Crippen LogP contribution in [0.2, 0.25) is 0 Å². The van der Waals surface area contributed by atoms with Crippen LogP contribution in [-0.4, -0.2) is 17.3 Å². The summed E-state index contributed by atoms with van der Waals surface area (Å²) >= 11 is 1.79. The Labute approximate surface area is 96.4 Å². The monoisotopic (exact) mass is 224 g/mol. The minimum absolute atomic E-state index is 0.162. The van der Waals surface area contributed by atoms with E-state index in [-0.39, 0.29) is 11.6 Å². The van der Waals surface area contributed by atoms with Crippen molar-refractivity contribution < 1.29 is 0 Å². The van der Waals surface area contributed by atoms with Crippen molar-refractivity contribution in [3.8, 4) is 0 Å². The van der Waals surface area contributed by atoms with Crippen LogP contribution in [0.25, 0.3) is 0 Å². The SMILES string of the molecule is CC(C)(N)CC(N)CSc1ccccc1. The van der Waals surface area contributed by atoms with Crippen molar-refractivity contribution in [1.82, 2.24) is 0 Å². The molecule has 0 heterocycles. The van der Waals surface area contributed by atoms with E-state index in [1.165, 1.54) is 4.90 Å². The van der Waals surface area contributed by atoms with E-state index < -0.39 is 0 Å². The van der Waals surface area contributed by atoms with Gasteiger partial charge in [-0.25, -0.2) is 0 Å². The molecular weight excluding hydrogens is 204 g/mol. The van der Waals surface area contributed by atoms with Crippen molar-refractivity contribution in [2.45, 2.75) is 36.7 Å². The molecule has 0 spiro atoms. The molecule has 0 amide bonds. The molecule has 84 valence electrons. The Kier molecular flexibility index (Phi) is 4.64. The van der Waals surface area contributed by atoms with Gasteiger partial charge in [0.25, 0.3) is 0 Å². The Morgan fingerprint density at radius 1 is 1.27 bits per heavy atom. The van der Waals surface area contributed by atoms with E-state index in [0.717, 1.165) is 12.2 Å². The fourth-order valence-corrected chi connectivity index (χ4v) is 2.33. The number of nitrogens with two attached hydrogens (primary N) is 2. The zero-order valence-corrected chi connectivity index (χ0v) is 10.3. The van der Waals surface area contributed by atoms with E-state index in [4.69, 9.17) is 11.5 Å². The van der Waals surface area contributed by atoms with Crippen LogP contribution in [0.4, 0.5) is 0 Å². The summed E-state index contributed by atoms with van der Waals surface area (Å²) in [5, 5.41) is 0. The highest BCUT2D eigenvalue weighted by atomic mass is 32.2. The van der Waals surface area contributed by atoms with Crippen LogP contribution in [0.5, 0.6) is 0 Å². The zero-order valence-electron chi connectivity index (χ0n) is 9.44. The van der Waals surface area contributed by atoms with Gasteiger partial charge in [-0.2, -0.15) is 0 Å². The smallest absolute Gasteiger partial charge is 0.0151 e. The molecule has 0 radical (unpaired) electrons. The van der Waals surface area contributed by atoms with Crippen LogP contribution in [0, 0.1) is 0 Å². The summed E-state index contributed by atoms with van der Waals surface area (Å²) in [6.07, 6.45) is 0.854. The Balaban J connectivity index is 2.32. The minimum atomic E-state index is -0.170. The molecule has 0 saturated heterocycles. The van der Waals surface area contributed by atoms with Gasteiger partial charge in [0.05, 0.1) is 0 Å². The van der Waals surface area contributed by atoms with Crippen LogP contribution >= 0.6 is 11.8 Å². The third-order valence-corrected chi connectivity index (χ3v) is 3.20. The van der Waals surface area contributed by atoms with Crippen LogP contribution in [0.1, 0.15) is 20.3 Å². The van der Waals surface area contributed by atoms with Gasteiger partial charge in [0.1, 0.15) is 0 Å². The lowest BCUT2D eigenvalue weighted by Crippen LogP contribution is -2.40. The van der Waals surface area contributed by atoms with E-state index in [0.29, 0.717) is 0 Å². The summed E-state index contributed by atoms with van der Waals surface area (Å²) in [7, 11) is 0. The second kappa shape index (κ2) is 5.54. The number of benzene rings is 1. The Morgan fingerprint density at radius 3 is 2.40 bits per heavy atom. The summed E-state index contributed by atoms with van der Waals surface area (Å²) in [4.78, 5) is 1.27. The van der Waals surface area contributed by atoms with Crippen molar-refractivity contribution in [2.24, 2.45) is 11.5 Å². The van der Waals surface area contributed by atoms with Gasteiger partial charge in [0, 0.05) is 22.2 Å². The molecule has 0 aliphatic heterocycles. The average Bonchev–Trinajstić information content (AvgIpc) is 2.14. The fraction of sp³-hybridized carbons (Fsp3) is 0.500. The van der Waals surface area contributed by atoms with Crippen molar-refractivity contribution in [3.63, 3.8) is 0 Å². The lowest BCUT2D eigenvalue weighted by molar-refractivity contribution is 0.439. The molecule has 3 heteroatoms. The normalized spacial score (nSPS) is 13.9. The lowest BCUT2D eigenvalue weighted by atomic mass is 9.98. The molecule has 0 saturated carbocycles. The van der Waals surface area contributed by atoms with Crippen molar-refractivity contribution in [1.29, 1.82) is 0 Å². The van der Waals surface area contributed by atoms with Gasteiger partial charge in [-0.05, 0) is 32.4 Å². The lowest BCUT2D eigenvalue weighted by Gasteiger charge is -2.22. The van der Waals surface area contributed by atoms with E-state index in [2.05, 4.69) is 12.1 Å². The highest BCUT2D eigenvalue weighted by molar-refractivity contribution is 7.99. The van der Waals surface area contributed by atoms with Gasteiger partial charge in [-0.3, -0.25) is 0 Å². The predicted octanol–water partition coefficient (Wildman–Crippen LogP) is 2.23. The standard InChI is InChI=1S/C12H20N2S/c1-12(2,14)8-10(13)9-15-11-6-4-3-5-7-11/h3-7,10H,8-9,13-14H2,1-2H3. The molecule has 1 atom stereocenters. The molecule has 1 aromatic rings. The van der Waals surface area contributed by atoms with Crippen LogP contribution in [0.3, 0.4) is 0 Å². The quantitative estimate of drug-likeness (QED) is 0.754. The van der Waals surface area contributed by atoms with Gasteiger partial charge in [-0.1, -0.05) is 18.2 Å². The maximum atomic E-state index is 6.01. The average molecular weight is 224 g/mol. The molecule has 15 heavy (non-hydrogen) atoms. The molecule has 4 N–H and O–H groups in total. The van der Waals surface area contributed by atoms with E-state index in [1.54, 1.807) is 11.8 Å². The Morgan fingerprint density at radius 2 is 1.87 bits per heavy atom. The summed E-state index contributed by atoms with van der Waals surface area (Å²) < 4.78 is 0. The molecule has 1 rings (SSSR count). The van der Waals surface area contributed by atoms with Gasteiger partial charge >= 0.3 is 0 Å². The number of hydrogen-bond donors (Lipinski definition) is 2. The second-order valence-corrected chi connectivity index (χ2v) is 5.67. The first kappa shape index (κ1) is 12.6. The van der Waals surface area contributed by atoms with E-state index >= 15 is 0 Å². The topological polar surface area (TPSA) is 52.0 Å². The third-order valence-electron chi connectivity index (χ3n) is 2.00. The van der Waals surface area contributed by atoms with Crippen LogP contribution < -0.4 is 11.5 Å². The van der Waals surface area contributed by atoms with Crippen LogP contribution in [-0.2, 0) is 0 Å². The summed E-state index contributed by atoms with van der Waals surface area (Å²) in [6, 6.07) is 10.5. The Bertz CT molecular complexity index is 279. The Hall–Kier alpha value is -0.510. The van der Waals surface area contributed by atoms with Gasteiger partial charge in [0.15, 0.2) is 0 Å². The molecule has 0 bridgehead atoms. The largest absolute Gasteiger partial charge is 0.327 e. The van der Waals surface area contributed by atoms with Gasteiger partial charge in [-0.15, -0.1) is 11.8 Å². The van der Waals surface area contributed by atoms with Gasteiger partial charge < -0.3 is 11.5 Å². The molecule has 0 aromatic heterocycles. The first-order valence-electron chi connectivity index (χ1n) is 5.20. The summed E-state index contributed by atoms with van der Waals surface area (Å²) in [5.74, 6) is 0.921. The van der Waals surface area contributed by atoms with Crippen molar-refractivity contribution >= 4 is 11.8 Å². The summed E-state index contributed by atoms with van der Waals surface area (Å²) in [6.45, 7) is 4.03. The first-order chi connectivity index (χ1) is 6.97. The molecule has 2 nitrogen and oxygen atoms in total. The highest BCUT2D eigenvalue weighted by Crippen LogP contribution is 2.19. The summed E-state index contributed by atoms with van der Waals surface area (Å²) in [5.41, 5.74) is 11.8. The molecule has 1 aromatic carbocycles. The fourth-order valence-electron chi connectivity index (χ4n) is 1.45. The predicted molar refractivity (Wildman–Crippen MR) is 68.0 cm³/mol. The van der Waals surface area contributed by atoms with E-state index in [1.807, 2.05) is 32.0 Å². The highest BCUT2D eigenvalue weighted by Gasteiger charge is 2.15. The molecule has 1 unspecified atom stereocenters. The maximum absolute atomic E-state index is 6.01. The number of rotatable bonds is 5. The van der Waals surface area contributed by atoms with Crippen LogP contribution in [0.15, 0.2) is 35.2 Å². The first-order valence-corrected chi connectivity index (χ1v) is 6.18. The third kappa shape index (κ3) is 5.82. The molecular formula is C12H20N2S. The molecule has 0 aliphatic rings.